The standard InChI is InChI=1S/C12H24N4O3S/c1-15(2)7-4-3-6-14-20(18,19)12-10-13-16(11-12)8-5-9-17/h10-11,14,17H,3-9H2,1-2H3. The van der Waals surface area contributed by atoms with E-state index < -0.39 is 10.0 Å². The average Bonchev–Trinajstić information content (AvgIpc) is 2.85. The van der Waals surface area contributed by atoms with Gasteiger partial charge in [-0.15, -0.1) is 0 Å². The van der Waals surface area contributed by atoms with Crippen LogP contribution in [0.1, 0.15) is 19.3 Å². The summed E-state index contributed by atoms with van der Waals surface area (Å²) in [5, 5.41) is 12.7. The van der Waals surface area contributed by atoms with Crippen LogP contribution >= 0.6 is 0 Å². The van der Waals surface area contributed by atoms with Gasteiger partial charge in [0.1, 0.15) is 4.90 Å². The molecule has 2 N–H and O–H groups in total. The second-order valence-corrected chi connectivity index (χ2v) is 6.69. The van der Waals surface area contributed by atoms with Crippen molar-refractivity contribution in [2.24, 2.45) is 0 Å². The quantitative estimate of drug-likeness (QED) is 0.589. The van der Waals surface area contributed by atoms with E-state index in [1.54, 1.807) is 0 Å². The molecule has 0 bridgehead atoms. The van der Waals surface area contributed by atoms with Gasteiger partial charge in [0.2, 0.25) is 10.0 Å². The molecule has 0 saturated carbocycles. The molecule has 0 aromatic carbocycles. The van der Waals surface area contributed by atoms with Gasteiger partial charge in [-0.3, -0.25) is 4.68 Å². The van der Waals surface area contributed by atoms with Gasteiger partial charge in [-0.05, 0) is 39.9 Å². The number of aryl methyl sites for hydroxylation is 1. The van der Waals surface area contributed by atoms with Gasteiger partial charge in [0, 0.05) is 25.9 Å². The summed E-state index contributed by atoms with van der Waals surface area (Å²) >= 11 is 0. The summed E-state index contributed by atoms with van der Waals surface area (Å²) in [6.45, 7) is 1.94. The molecule has 0 aliphatic heterocycles. The molecule has 8 heteroatoms. The summed E-state index contributed by atoms with van der Waals surface area (Å²) in [7, 11) is 0.507. The van der Waals surface area contributed by atoms with E-state index in [4.69, 9.17) is 5.11 Å². The SMILES string of the molecule is CN(C)CCCCNS(=O)(=O)c1cnn(CCCO)c1. The molecule has 1 rings (SSSR count). The second-order valence-electron chi connectivity index (χ2n) is 4.92. The summed E-state index contributed by atoms with van der Waals surface area (Å²) in [6.07, 6.45) is 5.12. The van der Waals surface area contributed by atoms with E-state index in [1.165, 1.54) is 17.1 Å². The highest BCUT2D eigenvalue weighted by atomic mass is 32.2. The molecule has 20 heavy (non-hydrogen) atoms. The van der Waals surface area contributed by atoms with Gasteiger partial charge in [-0.25, -0.2) is 13.1 Å². The predicted molar refractivity (Wildman–Crippen MR) is 76.9 cm³/mol. The van der Waals surface area contributed by atoms with Crippen LogP contribution in [0.15, 0.2) is 17.3 Å². The van der Waals surface area contributed by atoms with Crippen LogP contribution in [0.2, 0.25) is 0 Å². The van der Waals surface area contributed by atoms with Gasteiger partial charge < -0.3 is 10.0 Å². The number of hydrogen-bond donors (Lipinski definition) is 2. The number of aliphatic hydroxyl groups is 1. The van der Waals surface area contributed by atoms with Crippen molar-refractivity contribution in [2.75, 3.05) is 33.8 Å². The Morgan fingerprint density at radius 2 is 2.10 bits per heavy atom. The smallest absolute Gasteiger partial charge is 0.243 e. The van der Waals surface area contributed by atoms with Crippen molar-refractivity contribution in [3.05, 3.63) is 12.4 Å². The van der Waals surface area contributed by atoms with E-state index >= 15 is 0 Å². The van der Waals surface area contributed by atoms with Crippen molar-refractivity contribution in [3.8, 4) is 0 Å². The number of sulfonamides is 1. The van der Waals surface area contributed by atoms with Crippen LogP contribution in [0.4, 0.5) is 0 Å². The molecule has 1 aromatic heterocycles. The highest BCUT2D eigenvalue weighted by Gasteiger charge is 2.15. The largest absolute Gasteiger partial charge is 0.396 e. The minimum atomic E-state index is -3.47. The first kappa shape index (κ1) is 17.1. The summed E-state index contributed by atoms with van der Waals surface area (Å²) in [5.41, 5.74) is 0. The Morgan fingerprint density at radius 1 is 1.35 bits per heavy atom. The van der Waals surface area contributed by atoms with Crippen molar-refractivity contribution in [1.29, 1.82) is 0 Å². The lowest BCUT2D eigenvalue weighted by atomic mass is 10.3. The molecule has 0 fully saturated rings. The Morgan fingerprint density at radius 3 is 2.75 bits per heavy atom. The fraction of sp³-hybridized carbons (Fsp3) is 0.750. The fourth-order valence-corrected chi connectivity index (χ4v) is 2.71. The Labute approximate surface area is 120 Å². The summed E-state index contributed by atoms with van der Waals surface area (Å²) < 4.78 is 28.1. The van der Waals surface area contributed by atoms with Gasteiger partial charge in [-0.2, -0.15) is 5.10 Å². The van der Waals surface area contributed by atoms with Crippen LogP contribution in [0, 0.1) is 0 Å². The van der Waals surface area contributed by atoms with Crippen molar-refractivity contribution < 1.29 is 13.5 Å². The number of nitrogens with one attached hydrogen (secondary N) is 1. The molecule has 0 spiro atoms. The topological polar surface area (TPSA) is 87.5 Å². The first-order chi connectivity index (χ1) is 9.45. The van der Waals surface area contributed by atoms with Gasteiger partial charge in [0.15, 0.2) is 0 Å². The van der Waals surface area contributed by atoms with Crippen molar-refractivity contribution >= 4 is 10.0 Å². The Hall–Kier alpha value is -0.960. The van der Waals surface area contributed by atoms with Crippen LogP contribution in [0.5, 0.6) is 0 Å². The van der Waals surface area contributed by atoms with E-state index in [0.29, 0.717) is 19.5 Å². The minimum absolute atomic E-state index is 0.0616. The maximum absolute atomic E-state index is 12.0. The molecule has 1 aromatic rings. The van der Waals surface area contributed by atoms with Gasteiger partial charge in [-0.1, -0.05) is 0 Å². The van der Waals surface area contributed by atoms with Crippen LogP contribution in [-0.4, -0.2) is 62.0 Å². The zero-order valence-corrected chi connectivity index (χ0v) is 12.9. The second kappa shape index (κ2) is 8.35. The van der Waals surface area contributed by atoms with E-state index in [1.807, 2.05) is 14.1 Å². The van der Waals surface area contributed by atoms with Crippen molar-refractivity contribution in [3.63, 3.8) is 0 Å². The van der Waals surface area contributed by atoms with Gasteiger partial charge in [0.25, 0.3) is 0 Å². The maximum Gasteiger partial charge on any atom is 0.243 e. The van der Waals surface area contributed by atoms with Crippen molar-refractivity contribution in [1.82, 2.24) is 19.4 Å². The van der Waals surface area contributed by atoms with Gasteiger partial charge in [0.05, 0.1) is 6.20 Å². The number of nitrogens with zero attached hydrogens (tertiary/aromatic N) is 3. The first-order valence-electron chi connectivity index (χ1n) is 6.73. The van der Waals surface area contributed by atoms with E-state index in [-0.39, 0.29) is 11.5 Å². The highest BCUT2D eigenvalue weighted by Crippen LogP contribution is 2.07. The highest BCUT2D eigenvalue weighted by molar-refractivity contribution is 7.89. The average molecular weight is 304 g/mol. The Kier molecular flexibility index (Phi) is 7.14. The zero-order chi connectivity index (χ0) is 15.0. The third-order valence-corrected chi connectivity index (χ3v) is 4.20. The minimum Gasteiger partial charge on any atom is -0.396 e. The van der Waals surface area contributed by atoms with Crippen LogP contribution < -0.4 is 4.72 Å². The number of aromatic nitrogens is 2. The molecule has 0 radical (unpaired) electrons. The molecule has 0 unspecified atom stereocenters. The molecular weight excluding hydrogens is 280 g/mol. The molecule has 0 atom stereocenters. The zero-order valence-electron chi connectivity index (χ0n) is 12.1. The monoisotopic (exact) mass is 304 g/mol. The molecule has 0 saturated heterocycles. The fourth-order valence-electron chi connectivity index (χ4n) is 1.68. The third-order valence-electron chi connectivity index (χ3n) is 2.79. The summed E-state index contributed by atoms with van der Waals surface area (Å²) in [5.74, 6) is 0. The predicted octanol–water partition coefficient (Wildman–Crippen LogP) is -0.114. The molecule has 0 aliphatic rings. The van der Waals surface area contributed by atoms with Crippen molar-refractivity contribution in [2.45, 2.75) is 30.7 Å². The van der Waals surface area contributed by atoms with Crippen LogP contribution in [-0.2, 0) is 16.6 Å². The van der Waals surface area contributed by atoms with Crippen LogP contribution in [0.3, 0.4) is 0 Å². The molecule has 1 heterocycles. The Bertz CT molecular complexity index is 485. The van der Waals surface area contributed by atoms with Gasteiger partial charge >= 0.3 is 0 Å². The van der Waals surface area contributed by atoms with Crippen LogP contribution in [0.25, 0.3) is 0 Å². The lowest BCUT2D eigenvalue weighted by Crippen LogP contribution is -2.25. The number of aliphatic hydroxyl groups excluding tert-OH is 1. The molecule has 0 amide bonds. The number of hydrogen-bond acceptors (Lipinski definition) is 5. The van der Waals surface area contributed by atoms with E-state index in [2.05, 4.69) is 14.7 Å². The third kappa shape index (κ3) is 6.00. The first-order valence-corrected chi connectivity index (χ1v) is 8.22. The molecule has 0 aliphatic carbocycles. The van der Waals surface area contributed by atoms with E-state index in [0.717, 1.165) is 19.4 Å². The molecule has 7 nitrogen and oxygen atoms in total. The number of rotatable bonds is 10. The Balaban J connectivity index is 2.41. The normalized spacial score (nSPS) is 12.2. The van der Waals surface area contributed by atoms with E-state index in [9.17, 15) is 8.42 Å². The molecular formula is C12H24N4O3S. The lowest BCUT2D eigenvalue weighted by molar-refractivity contribution is 0.277. The summed E-state index contributed by atoms with van der Waals surface area (Å²) in [6, 6.07) is 0. The lowest BCUT2D eigenvalue weighted by Gasteiger charge is -2.09. The molecule has 116 valence electrons. The summed E-state index contributed by atoms with van der Waals surface area (Å²) in [4.78, 5) is 2.24. The number of unbranched alkanes of at least 4 members (excludes halogenated alkanes) is 1. The maximum atomic E-state index is 12.0.